The maximum absolute atomic E-state index is 8.52. The van der Waals surface area contributed by atoms with Crippen LogP contribution in [-0.2, 0) is 6.42 Å². The van der Waals surface area contributed by atoms with Crippen LogP contribution in [0.25, 0.3) is 12.2 Å². The lowest BCUT2D eigenvalue weighted by Gasteiger charge is -2.03. The zero-order chi connectivity index (χ0) is 18.1. The van der Waals surface area contributed by atoms with Crippen LogP contribution >= 0.6 is 0 Å². The molecule has 25 heavy (non-hydrogen) atoms. The monoisotopic (exact) mass is 336 g/mol. The Kier molecular flexibility index (Phi) is 6.80. The first-order chi connectivity index (χ1) is 12.1. The fourth-order valence-corrected chi connectivity index (χ4v) is 2.25. The molecule has 0 saturated heterocycles. The predicted octanol–water partition coefficient (Wildman–Crippen LogP) is 3.27. The van der Waals surface area contributed by atoms with Gasteiger partial charge in [-0.3, -0.25) is 5.10 Å². The predicted molar refractivity (Wildman–Crippen MR) is 105 cm³/mol. The van der Waals surface area contributed by atoms with Crippen LogP contribution in [0.1, 0.15) is 22.4 Å². The van der Waals surface area contributed by atoms with Gasteiger partial charge in [-0.25, -0.2) is 0 Å². The fraction of sp³-hybridized carbons (Fsp3) is 0.150. The molecule has 0 atom stereocenters. The third-order valence-corrected chi connectivity index (χ3v) is 3.75. The molecule has 3 rings (SSSR count). The van der Waals surface area contributed by atoms with Crippen molar-refractivity contribution in [1.82, 2.24) is 10.2 Å². The van der Waals surface area contributed by atoms with E-state index in [9.17, 15) is 0 Å². The summed E-state index contributed by atoms with van der Waals surface area (Å²) in [5.41, 5.74) is 17.0. The van der Waals surface area contributed by atoms with Crippen LogP contribution in [0.4, 0.5) is 11.4 Å². The Morgan fingerprint density at radius 3 is 2.44 bits per heavy atom. The third-order valence-electron chi connectivity index (χ3n) is 3.75. The number of benzene rings is 2. The second kappa shape index (κ2) is 9.30. The van der Waals surface area contributed by atoms with Gasteiger partial charge in [0.05, 0.1) is 17.1 Å². The first kappa shape index (κ1) is 18.3. The number of aliphatic hydroxyl groups is 1. The molecule has 0 unspecified atom stereocenters. The Morgan fingerprint density at radius 2 is 1.80 bits per heavy atom. The molecule has 130 valence electrons. The van der Waals surface area contributed by atoms with Crippen LogP contribution in [-0.4, -0.2) is 21.9 Å². The van der Waals surface area contributed by atoms with Crippen molar-refractivity contribution in [3.8, 4) is 0 Å². The van der Waals surface area contributed by atoms with Crippen LogP contribution < -0.4 is 11.5 Å². The number of H-pyrrole nitrogens is 1. The average Bonchev–Trinajstić information content (AvgIpc) is 3.03. The number of nitrogens with zero attached hydrogens (tertiary/aromatic N) is 1. The number of aryl methyl sites for hydroxylation is 1. The number of aliphatic hydroxyl groups excluding tert-OH is 1. The Balaban J connectivity index is 0.000000212. The van der Waals surface area contributed by atoms with Crippen molar-refractivity contribution in [1.29, 1.82) is 0 Å². The van der Waals surface area contributed by atoms with Gasteiger partial charge in [0, 0.05) is 12.8 Å². The molecule has 0 aliphatic heterocycles. The summed E-state index contributed by atoms with van der Waals surface area (Å²) in [6.07, 6.45) is 6.50. The molecule has 0 fully saturated rings. The quantitative estimate of drug-likeness (QED) is 0.434. The number of nitrogens with two attached hydrogens (primary N) is 2. The molecule has 2 aromatic carbocycles. The number of para-hydroxylation sites is 1. The van der Waals surface area contributed by atoms with Crippen LogP contribution in [0.5, 0.6) is 0 Å². The van der Waals surface area contributed by atoms with E-state index in [0.717, 1.165) is 22.4 Å². The lowest BCUT2D eigenvalue weighted by molar-refractivity contribution is 0.299. The molecule has 0 spiro atoms. The number of aromatic nitrogens is 2. The molecular weight excluding hydrogens is 312 g/mol. The van der Waals surface area contributed by atoms with Crippen LogP contribution in [0, 0.1) is 6.92 Å². The standard InChI is InChI=1S/C14H14N2.C6H10N2O/c15-13-8-4-7-12(14(13)16)10-9-11-5-2-1-3-6-11;1-5-6(2-3-9)4-7-8-5/h1-10H,15-16H2;4,9H,2-3H2,1H3,(H,7,8). The maximum atomic E-state index is 8.52. The van der Waals surface area contributed by atoms with Crippen molar-refractivity contribution in [2.75, 3.05) is 18.1 Å². The fourth-order valence-electron chi connectivity index (χ4n) is 2.25. The Bertz CT molecular complexity index is 810. The van der Waals surface area contributed by atoms with Gasteiger partial charge in [-0.15, -0.1) is 0 Å². The zero-order valence-electron chi connectivity index (χ0n) is 14.3. The molecule has 3 aromatic rings. The van der Waals surface area contributed by atoms with E-state index in [0.29, 0.717) is 17.8 Å². The van der Waals surface area contributed by atoms with Crippen molar-refractivity contribution in [2.45, 2.75) is 13.3 Å². The van der Waals surface area contributed by atoms with Gasteiger partial charge in [0.25, 0.3) is 0 Å². The summed E-state index contributed by atoms with van der Waals surface area (Å²) in [6, 6.07) is 15.7. The smallest absolute Gasteiger partial charge is 0.0623 e. The summed E-state index contributed by atoms with van der Waals surface area (Å²) in [6.45, 7) is 2.11. The Labute approximate surface area is 148 Å². The maximum Gasteiger partial charge on any atom is 0.0623 e. The van der Waals surface area contributed by atoms with Crippen LogP contribution in [0.2, 0.25) is 0 Å². The van der Waals surface area contributed by atoms with Gasteiger partial charge in [-0.05, 0) is 36.1 Å². The van der Waals surface area contributed by atoms with E-state index < -0.39 is 0 Å². The number of nitrogen functional groups attached to an aromatic ring is 2. The molecule has 1 heterocycles. The van der Waals surface area contributed by atoms with Gasteiger partial charge in [-0.1, -0.05) is 54.6 Å². The van der Waals surface area contributed by atoms with Crippen molar-refractivity contribution in [2.24, 2.45) is 0 Å². The summed E-state index contributed by atoms with van der Waals surface area (Å²) >= 11 is 0. The molecule has 0 amide bonds. The molecule has 0 aliphatic carbocycles. The molecule has 1 aromatic heterocycles. The number of anilines is 2. The topological polar surface area (TPSA) is 101 Å². The lowest BCUT2D eigenvalue weighted by atomic mass is 10.1. The van der Waals surface area contributed by atoms with Gasteiger partial charge in [-0.2, -0.15) is 5.10 Å². The molecule has 6 N–H and O–H groups in total. The highest BCUT2D eigenvalue weighted by molar-refractivity contribution is 5.81. The minimum atomic E-state index is 0.195. The second-order valence-electron chi connectivity index (χ2n) is 5.56. The highest BCUT2D eigenvalue weighted by Gasteiger charge is 1.98. The summed E-state index contributed by atoms with van der Waals surface area (Å²) in [7, 11) is 0. The van der Waals surface area contributed by atoms with Crippen LogP contribution in [0.3, 0.4) is 0 Å². The van der Waals surface area contributed by atoms with Crippen molar-refractivity contribution in [3.05, 3.63) is 77.1 Å². The number of hydrogen-bond donors (Lipinski definition) is 4. The number of aromatic amines is 1. The molecule has 0 radical (unpaired) electrons. The molecule has 0 saturated carbocycles. The van der Waals surface area contributed by atoms with Gasteiger partial charge in [0.2, 0.25) is 0 Å². The molecular formula is C20H24N4O. The SMILES string of the molecule is Cc1n[nH]cc1CCO.Nc1cccc(C=Cc2ccccc2)c1N. The van der Waals surface area contributed by atoms with Gasteiger partial charge in [0.15, 0.2) is 0 Å². The van der Waals surface area contributed by atoms with E-state index in [2.05, 4.69) is 10.2 Å². The van der Waals surface area contributed by atoms with Gasteiger partial charge in [0.1, 0.15) is 0 Å². The highest BCUT2D eigenvalue weighted by Crippen LogP contribution is 2.21. The highest BCUT2D eigenvalue weighted by atomic mass is 16.2. The van der Waals surface area contributed by atoms with Gasteiger partial charge >= 0.3 is 0 Å². The Morgan fingerprint density at radius 1 is 1.04 bits per heavy atom. The normalized spacial score (nSPS) is 10.5. The molecule has 0 bridgehead atoms. The molecule has 5 heteroatoms. The minimum absolute atomic E-state index is 0.195. The van der Waals surface area contributed by atoms with Gasteiger partial charge < -0.3 is 16.6 Å². The van der Waals surface area contributed by atoms with Crippen molar-refractivity contribution >= 4 is 23.5 Å². The van der Waals surface area contributed by atoms with E-state index in [1.165, 1.54) is 0 Å². The first-order valence-corrected chi connectivity index (χ1v) is 8.09. The summed E-state index contributed by atoms with van der Waals surface area (Å²) in [5, 5.41) is 15.1. The zero-order valence-corrected chi connectivity index (χ0v) is 14.3. The molecule has 0 aliphatic rings. The van der Waals surface area contributed by atoms with Crippen molar-refractivity contribution in [3.63, 3.8) is 0 Å². The Hall–Kier alpha value is -3.05. The van der Waals surface area contributed by atoms with E-state index in [4.69, 9.17) is 16.6 Å². The number of hydrogen-bond acceptors (Lipinski definition) is 4. The molecule has 5 nitrogen and oxygen atoms in total. The average molecular weight is 336 g/mol. The number of rotatable bonds is 4. The van der Waals surface area contributed by atoms with Crippen molar-refractivity contribution < 1.29 is 5.11 Å². The van der Waals surface area contributed by atoms with E-state index in [-0.39, 0.29) is 6.61 Å². The third kappa shape index (κ3) is 5.51. The van der Waals surface area contributed by atoms with Crippen LogP contribution in [0.15, 0.2) is 54.7 Å². The minimum Gasteiger partial charge on any atom is -0.397 e. The number of nitrogens with one attached hydrogen (secondary N) is 1. The van der Waals surface area contributed by atoms with E-state index >= 15 is 0 Å². The lowest BCUT2D eigenvalue weighted by Crippen LogP contribution is -1.96. The summed E-state index contributed by atoms with van der Waals surface area (Å²) < 4.78 is 0. The largest absolute Gasteiger partial charge is 0.397 e. The second-order valence-corrected chi connectivity index (χ2v) is 5.56. The van der Waals surface area contributed by atoms with E-state index in [1.807, 2.05) is 67.7 Å². The first-order valence-electron chi connectivity index (χ1n) is 8.09. The summed E-state index contributed by atoms with van der Waals surface area (Å²) in [4.78, 5) is 0. The summed E-state index contributed by atoms with van der Waals surface area (Å²) in [5.74, 6) is 0. The van der Waals surface area contributed by atoms with E-state index in [1.54, 1.807) is 6.07 Å².